The van der Waals surface area contributed by atoms with Crippen LogP contribution in [-0.2, 0) is 9.53 Å². The smallest absolute Gasteiger partial charge is 0.326 e. The minimum Gasteiger partial charge on any atom is -0.459 e. The van der Waals surface area contributed by atoms with Gasteiger partial charge in [-0.05, 0) is 85.2 Å². The fourth-order valence-corrected chi connectivity index (χ4v) is 6.41. The van der Waals surface area contributed by atoms with Crippen molar-refractivity contribution in [1.29, 1.82) is 0 Å². The van der Waals surface area contributed by atoms with Crippen LogP contribution < -0.4 is 0 Å². The minimum absolute atomic E-state index is 0.0268. The fraction of sp³-hybridized carbons (Fsp3) is 0.778. The van der Waals surface area contributed by atoms with Crippen molar-refractivity contribution in [2.75, 3.05) is 33.7 Å². The number of nitrogens with zero attached hydrogens (tertiary/aromatic N) is 3. The van der Waals surface area contributed by atoms with E-state index in [9.17, 15) is 9.59 Å². The van der Waals surface area contributed by atoms with Gasteiger partial charge in [-0.3, -0.25) is 4.79 Å². The van der Waals surface area contributed by atoms with Crippen LogP contribution in [0.25, 0.3) is 0 Å². The number of carbonyl (C=O) groups is 2. The zero-order chi connectivity index (χ0) is 24.0. The third-order valence-corrected chi connectivity index (χ3v) is 8.41. The molecule has 0 aromatic rings. The van der Waals surface area contributed by atoms with Crippen LogP contribution in [0.4, 0.5) is 4.79 Å². The van der Waals surface area contributed by atoms with E-state index in [1.807, 2.05) is 20.8 Å². The maximum absolute atomic E-state index is 13.5. The predicted molar refractivity (Wildman–Crippen MR) is 131 cm³/mol. The second-order valence-electron chi connectivity index (χ2n) is 12.2. The first-order valence-electron chi connectivity index (χ1n) is 12.8. The molecule has 2 saturated carbocycles. The molecule has 3 aliphatic carbocycles. The van der Waals surface area contributed by atoms with E-state index in [4.69, 9.17) is 4.74 Å². The van der Waals surface area contributed by atoms with Crippen LogP contribution in [0.15, 0.2) is 24.3 Å². The summed E-state index contributed by atoms with van der Waals surface area (Å²) in [6.45, 7) is 9.45. The van der Waals surface area contributed by atoms with E-state index < -0.39 is 5.60 Å². The molecule has 33 heavy (non-hydrogen) atoms. The average molecular weight is 458 g/mol. The summed E-state index contributed by atoms with van der Waals surface area (Å²) in [5, 5.41) is 0. The number of urea groups is 1. The largest absolute Gasteiger partial charge is 0.459 e. The standard InChI is InChI=1S/C27H43N3O3/c1-20-9-7-8-10-22(20)27(28(5)6)15-13-26(14-16-27)19-29(18-23(31)33-25(2,3)4)24(32)30(26)17-21-11-12-21/h7-10,20-22H,11-19H2,1-6H3. The summed E-state index contributed by atoms with van der Waals surface area (Å²) in [7, 11) is 4.43. The van der Waals surface area contributed by atoms with Gasteiger partial charge in [-0.2, -0.15) is 0 Å². The quantitative estimate of drug-likeness (QED) is 0.553. The molecule has 0 radical (unpaired) electrons. The SMILES string of the molecule is CC1C=CC=CC1C1(N(C)C)CCC2(CC1)CN(CC(=O)OC(C)(C)C)C(=O)N2CC1CC1. The lowest BCUT2D eigenvalue weighted by atomic mass is 9.62. The van der Waals surface area contributed by atoms with Gasteiger partial charge in [0.05, 0.1) is 5.54 Å². The summed E-state index contributed by atoms with van der Waals surface area (Å²) in [5.41, 5.74) is -0.614. The Labute approximate surface area is 200 Å². The number of hydrogen-bond donors (Lipinski definition) is 0. The van der Waals surface area contributed by atoms with Gasteiger partial charge >= 0.3 is 12.0 Å². The van der Waals surface area contributed by atoms with Crippen molar-refractivity contribution in [3.05, 3.63) is 24.3 Å². The lowest BCUT2D eigenvalue weighted by Crippen LogP contribution is -2.60. The first kappa shape index (κ1) is 24.3. The van der Waals surface area contributed by atoms with E-state index in [1.165, 1.54) is 12.8 Å². The molecule has 2 amide bonds. The molecule has 3 fully saturated rings. The molecule has 0 N–H and O–H groups in total. The van der Waals surface area contributed by atoms with Gasteiger partial charge in [0.15, 0.2) is 0 Å². The molecule has 1 saturated heterocycles. The summed E-state index contributed by atoms with van der Waals surface area (Å²) in [6.07, 6.45) is 15.6. The van der Waals surface area contributed by atoms with Crippen molar-refractivity contribution in [2.45, 2.75) is 82.9 Å². The highest BCUT2D eigenvalue weighted by Crippen LogP contribution is 2.50. The van der Waals surface area contributed by atoms with Crippen LogP contribution in [0.2, 0.25) is 0 Å². The van der Waals surface area contributed by atoms with Gasteiger partial charge in [0.1, 0.15) is 12.1 Å². The van der Waals surface area contributed by atoms with Gasteiger partial charge < -0.3 is 19.4 Å². The van der Waals surface area contributed by atoms with Crippen molar-refractivity contribution in [2.24, 2.45) is 17.8 Å². The van der Waals surface area contributed by atoms with Crippen LogP contribution in [0, 0.1) is 17.8 Å². The summed E-state index contributed by atoms with van der Waals surface area (Å²) in [5.74, 6) is 1.29. The molecule has 6 heteroatoms. The lowest BCUT2D eigenvalue weighted by Gasteiger charge is -2.54. The molecule has 2 unspecified atom stereocenters. The number of amides is 2. The number of rotatable bonds is 6. The number of hydrogen-bond acceptors (Lipinski definition) is 4. The van der Waals surface area contributed by atoms with Gasteiger partial charge in [-0.1, -0.05) is 31.2 Å². The van der Waals surface area contributed by atoms with Crippen LogP contribution in [0.5, 0.6) is 0 Å². The van der Waals surface area contributed by atoms with Crippen LogP contribution in [0.3, 0.4) is 0 Å². The highest BCUT2D eigenvalue weighted by atomic mass is 16.6. The van der Waals surface area contributed by atoms with Gasteiger partial charge in [-0.25, -0.2) is 4.79 Å². The van der Waals surface area contributed by atoms with Crippen molar-refractivity contribution >= 4 is 12.0 Å². The molecular formula is C27H43N3O3. The number of ether oxygens (including phenoxy) is 1. The number of carbonyl (C=O) groups excluding carboxylic acids is 2. The zero-order valence-electron chi connectivity index (χ0n) is 21.5. The number of allylic oxidation sites excluding steroid dienone is 3. The van der Waals surface area contributed by atoms with E-state index >= 15 is 0 Å². The Balaban J connectivity index is 1.53. The van der Waals surface area contributed by atoms with Crippen molar-refractivity contribution in [3.63, 3.8) is 0 Å². The molecule has 184 valence electrons. The molecule has 1 spiro atoms. The molecule has 4 aliphatic rings. The van der Waals surface area contributed by atoms with Crippen molar-refractivity contribution in [3.8, 4) is 0 Å². The Morgan fingerprint density at radius 2 is 1.76 bits per heavy atom. The second-order valence-corrected chi connectivity index (χ2v) is 12.2. The molecule has 0 bridgehead atoms. The predicted octanol–water partition coefficient (Wildman–Crippen LogP) is 4.47. The lowest BCUT2D eigenvalue weighted by molar-refractivity contribution is -0.155. The second kappa shape index (κ2) is 8.75. The maximum atomic E-state index is 13.5. The Kier molecular flexibility index (Phi) is 6.45. The van der Waals surface area contributed by atoms with Crippen molar-refractivity contribution < 1.29 is 14.3 Å². The summed E-state index contributed by atoms with van der Waals surface area (Å²) < 4.78 is 5.54. The third kappa shape index (κ3) is 4.87. The minimum atomic E-state index is -0.542. The molecule has 2 atom stereocenters. The molecule has 4 rings (SSSR count). The van der Waals surface area contributed by atoms with Gasteiger partial charge in [0, 0.05) is 24.5 Å². The molecule has 0 aromatic carbocycles. The van der Waals surface area contributed by atoms with E-state index in [2.05, 4.69) is 55.1 Å². The first-order chi connectivity index (χ1) is 15.5. The maximum Gasteiger partial charge on any atom is 0.326 e. The Bertz CT molecular complexity index is 813. The third-order valence-electron chi connectivity index (χ3n) is 8.41. The van der Waals surface area contributed by atoms with Crippen LogP contribution in [0.1, 0.15) is 66.2 Å². The Morgan fingerprint density at radius 1 is 1.12 bits per heavy atom. The van der Waals surface area contributed by atoms with E-state index in [-0.39, 0.29) is 29.6 Å². The topological polar surface area (TPSA) is 53.1 Å². The van der Waals surface area contributed by atoms with Gasteiger partial charge in [-0.15, -0.1) is 0 Å². The highest BCUT2D eigenvalue weighted by Gasteiger charge is 2.56. The molecule has 1 aliphatic heterocycles. The summed E-state index contributed by atoms with van der Waals surface area (Å²) >= 11 is 0. The molecule has 6 nitrogen and oxygen atoms in total. The van der Waals surface area contributed by atoms with Gasteiger partial charge in [0.2, 0.25) is 0 Å². The van der Waals surface area contributed by atoms with Crippen LogP contribution in [-0.4, -0.2) is 77.1 Å². The Hall–Kier alpha value is -1.82. The van der Waals surface area contributed by atoms with Gasteiger partial charge in [0.25, 0.3) is 0 Å². The normalized spacial score (nSPS) is 34.6. The van der Waals surface area contributed by atoms with Crippen LogP contribution >= 0.6 is 0 Å². The summed E-state index contributed by atoms with van der Waals surface area (Å²) in [6, 6.07) is 0.0268. The average Bonchev–Trinajstić information content (AvgIpc) is 3.51. The molecule has 0 aromatic heterocycles. The fourth-order valence-electron chi connectivity index (χ4n) is 6.41. The monoisotopic (exact) mass is 457 g/mol. The number of esters is 1. The van der Waals surface area contributed by atoms with Crippen molar-refractivity contribution in [1.82, 2.24) is 14.7 Å². The van der Waals surface area contributed by atoms with E-state index in [0.717, 1.165) is 32.2 Å². The highest BCUT2D eigenvalue weighted by molar-refractivity contribution is 5.83. The zero-order valence-corrected chi connectivity index (χ0v) is 21.5. The van der Waals surface area contributed by atoms with E-state index in [1.54, 1.807) is 4.90 Å². The van der Waals surface area contributed by atoms with E-state index in [0.29, 0.717) is 24.3 Å². The Morgan fingerprint density at radius 3 is 2.30 bits per heavy atom. The molecule has 1 heterocycles. The molecular weight excluding hydrogens is 414 g/mol. The first-order valence-corrected chi connectivity index (χ1v) is 12.8. The summed E-state index contributed by atoms with van der Waals surface area (Å²) in [4.78, 5) is 32.4.